The topological polar surface area (TPSA) is 93.1 Å². The van der Waals surface area contributed by atoms with Crippen LogP contribution in [-0.4, -0.2) is 78.8 Å². The van der Waals surface area contributed by atoms with Gasteiger partial charge in [-0.15, -0.1) is 0 Å². The van der Waals surface area contributed by atoms with Gasteiger partial charge in [-0.05, 0) is 43.2 Å². The summed E-state index contributed by atoms with van der Waals surface area (Å²) >= 11 is 0. The molecule has 0 radical (unpaired) electrons. The number of morpholine rings is 2. The first-order valence-corrected chi connectivity index (χ1v) is 11.9. The molecule has 0 spiro atoms. The molecule has 4 saturated heterocycles. The molecule has 4 fully saturated rings. The highest BCUT2D eigenvalue weighted by molar-refractivity contribution is 5.90. The summed E-state index contributed by atoms with van der Waals surface area (Å²) < 4.78 is 16.8. The third-order valence-corrected chi connectivity index (χ3v) is 7.03. The van der Waals surface area contributed by atoms with E-state index in [1.165, 1.54) is 0 Å². The van der Waals surface area contributed by atoms with Gasteiger partial charge in [0.2, 0.25) is 5.95 Å². The molecule has 1 N–H and O–H groups in total. The Morgan fingerprint density at radius 3 is 2.68 bits per heavy atom. The molecule has 7 rings (SSSR count). The summed E-state index contributed by atoms with van der Waals surface area (Å²) in [6.07, 6.45) is 2.48. The summed E-state index contributed by atoms with van der Waals surface area (Å²) in [4.78, 5) is 19.5. The smallest absolute Gasteiger partial charge is 0.229 e. The number of ether oxygens (including phenoxy) is 3. The summed E-state index contributed by atoms with van der Waals surface area (Å²) in [5, 5.41) is 10.7. The van der Waals surface area contributed by atoms with E-state index >= 15 is 0 Å². The first-order valence-electron chi connectivity index (χ1n) is 11.9. The molecule has 0 amide bonds. The zero-order chi connectivity index (χ0) is 23.1. The van der Waals surface area contributed by atoms with Crippen LogP contribution in [0.1, 0.15) is 18.4 Å². The van der Waals surface area contributed by atoms with Crippen LogP contribution in [0.2, 0.25) is 0 Å². The maximum Gasteiger partial charge on any atom is 0.229 e. The molecular weight excluding hydrogens is 434 g/mol. The average Bonchev–Trinajstić information content (AvgIpc) is 2.92. The van der Waals surface area contributed by atoms with E-state index in [4.69, 9.17) is 29.2 Å². The number of anilines is 2. The van der Waals surface area contributed by atoms with Crippen LogP contribution < -0.4 is 14.5 Å². The van der Waals surface area contributed by atoms with E-state index in [1.54, 1.807) is 7.11 Å². The fraction of sp³-hybridized carbons (Fsp3) is 0.480. The second kappa shape index (κ2) is 8.98. The third kappa shape index (κ3) is 3.83. The van der Waals surface area contributed by atoms with Crippen molar-refractivity contribution < 1.29 is 19.3 Å². The summed E-state index contributed by atoms with van der Waals surface area (Å²) in [5.41, 5.74) is 3.10. The van der Waals surface area contributed by atoms with E-state index in [9.17, 15) is 5.11 Å². The summed E-state index contributed by atoms with van der Waals surface area (Å²) in [6, 6.07) is 10.1. The van der Waals surface area contributed by atoms with Gasteiger partial charge in [-0.3, -0.25) is 0 Å². The normalized spacial score (nSPS) is 22.4. The Morgan fingerprint density at radius 1 is 1.09 bits per heavy atom. The van der Waals surface area contributed by atoms with E-state index in [-0.39, 0.29) is 12.7 Å². The van der Waals surface area contributed by atoms with E-state index in [0.29, 0.717) is 36.6 Å². The quantitative estimate of drug-likeness (QED) is 0.612. The van der Waals surface area contributed by atoms with Crippen molar-refractivity contribution in [2.45, 2.75) is 31.6 Å². The predicted molar refractivity (Wildman–Crippen MR) is 128 cm³/mol. The van der Waals surface area contributed by atoms with Crippen molar-refractivity contribution in [2.24, 2.45) is 0 Å². The minimum Gasteiger partial charge on any atom is -0.496 e. The zero-order valence-corrected chi connectivity index (χ0v) is 19.3. The van der Waals surface area contributed by atoms with Gasteiger partial charge in [0.25, 0.3) is 0 Å². The van der Waals surface area contributed by atoms with E-state index in [0.717, 1.165) is 67.1 Å². The molecule has 0 aliphatic carbocycles. The lowest BCUT2D eigenvalue weighted by atomic mass is 9.97. The van der Waals surface area contributed by atoms with Crippen LogP contribution in [0.5, 0.6) is 5.75 Å². The van der Waals surface area contributed by atoms with Crippen molar-refractivity contribution >= 4 is 22.8 Å². The van der Waals surface area contributed by atoms with Gasteiger partial charge in [0.15, 0.2) is 5.65 Å². The van der Waals surface area contributed by atoms with Gasteiger partial charge < -0.3 is 29.1 Å². The Morgan fingerprint density at radius 2 is 1.97 bits per heavy atom. The lowest BCUT2D eigenvalue weighted by Gasteiger charge is -2.46. The van der Waals surface area contributed by atoms with E-state index in [2.05, 4.69) is 15.9 Å². The van der Waals surface area contributed by atoms with Crippen LogP contribution in [0.15, 0.2) is 30.3 Å². The number of fused-ring (bicyclic) bond motifs is 4. The molecule has 178 valence electrons. The molecule has 9 nitrogen and oxygen atoms in total. The summed E-state index contributed by atoms with van der Waals surface area (Å²) in [7, 11) is 1.60. The lowest BCUT2D eigenvalue weighted by Crippen LogP contribution is -2.55. The maximum atomic E-state index is 9.75. The SMILES string of the molecule is COc1ccc(-c2ccc3c(N4CC5CCC4CO5)nc(N4CCOCC4)nc3n2)cc1CO. The Kier molecular flexibility index (Phi) is 5.68. The third-order valence-electron chi connectivity index (χ3n) is 7.03. The molecule has 2 atom stereocenters. The maximum absolute atomic E-state index is 9.75. The second-order valence-electron chi connectivity index (χ2n) is 9.04. The van der Waals surface area contributed by atoms with Crippen molar-refractivity contribution in [3.05, 3.63) is 35.9 Å². The lowest BCUT2D eigenvalue weighted by molar-refractivity contribution is -0.0227. The predicted octanol–water partition coefficient (Wildman–Crippen LogP) is 2.40. The molecule has 1 aromatic carbocycles. The van der Waals surface area contributed by atoms with Gasteiger partial charge in [-0.2, -0.15) is 9.97 Å². The van der Waals surface area contributed by atoms with Gasteiger partial charge in [0.05, 0.1) is 56.8 Å². The van der Waals surface area contributed by atoms with Crippen LogP contribution in [0.4, 0.5) is 11.8 Å². The van der Waals surface area contributed by atoms with Gasteiger partial charge in [0.1, 0.15) is 11.6 Å². The Hall–Kier alpha value is -3.01. The minimum atomic E-state index is -0.0995. The molecule has 34 heavy (non-hydrogen) atoms. The largest absolute Gasteiger partial charge is 0.496 e. The Bertz CT molecular complexity index is 1190. The van der Waals surface area contributed by atoms with Crippen LogP contribution >= 0.6 is 0 Å². The molecule has 2 bridgehead atoms. The van der Waals surface area contributed by atoms with Crippen molar-refractivity contribution in [2.75, 3.05) is 56.4 Å². The molecule has 9 heteroatoms. The molecule has 4 aliphatic rings. The minimum absolute atomic E-state index is 0.0995. The van der Waals surface area contributed by atoms with Crippen molar-refractivity contribution in [3.8, 4) is 17.0 Å². The standard InChI is InChI=1S/C25H29N5O4/c1-32-22-7-2-16(12-17(22)14-31)21-6-5-20-23(26-21)27-25(29-8-10-33-11-9-29)28-24(20)30-13-19-4-3-18(30)15-34-19/h2,5-7,12,18-19,31H,3-4,8-11,13-15H2,1H3. The van der Waals surface area contributed by atoms with Gasteiger partial charge in [-0.1, -0.05) is 0 Å². The van der Waals surface area contributed by atoms with Crippen molar-refractivity contribution in [1.82, 2.24) is 15.0 Å². The number of pyridine rings is 1. The monoisotopic (exact) mass is 463 g/mol. The number of rotatable bonds is 5. The number of methoxy groups -OCH3 is 1. The van der Waals surface area contributed by atoms with Gasteiger partial charge in [-0.25, -0.2) is 4.98 Å². The Labute approximate surface area is 198 Å². The van der Waals surface area contributed by atoms with Gasteiger partial charge in [0, 0.05) is 30.8 Å². The first kappa shape index (κ1) is 21.5. The highest BCUT2D eigenvalue weighted by atomic mass is 16.5. The number of hydrogen-bond donors (Lipinski definition) is 1. The molecular formula is C25H29N5O4. The number of hydrogen-bond acceptors (Lipinski definition) is 9. The molecule has 2 unspecified atom stereocenters. The van der Waals surface area contributed by atoms with Crippen LogP contribution in [0, 0.1) is 0 Å². The second-order valence-corrected chi connectivity index (χ2v) is 9.04. The van der Waals surface area contributed by atoms with E-state index in [1.807, 2.05) is 24.3 Å². The number of nitrogens with zero attached hydrogens (tertiary/aromatic N) is 5. The van der Waals surface area contributed by atoms with Crippen molar-refractivity contribution in [3.63, 3.8) is 0 Å². The first-order chi connectivity index (χ1) is 16.7. The molecule has 4 aliphatic heterocycles. The summed E-state index contributed by atoms with van der Waals surface area (Å²) in [5.74, 6) is 2.30. The number of benzene rings is 1. The highest BCUT2D eigenvalue weighted by Gasteiger charge is 2.36. The van der Waals surface area contributed by atoms with Gasteiger partial charge >= 0.3 is 0 Å². The fourth-order valence-corrected chi connectivity index (χ4v) is 5.14. The molecule has 2 aromatic heterocycles. The number of aliphatic hydroxyl groups excluding tert-OH is 1. The van der Waals surface area contributed by atoms with E-state index < -0.39 is 0 Å². The zero-order valence-electron chi connectivity index (χ0n) is 19.3. The van der Waals surface area contributed by atoms with Crippen LogP contribution in [-0.2, 0) is 16.1 Å². The highest BCUT2D eigenvalue weighted by Crippen LogP contribution is 2.35. The molecule has 6 heterocycles. The fourth-order valence-electron chi connectivity index (χ4n) is 5.14. The number of piperidine rings is 1. The number of aliphatic hydroxyl groups is 1. The Balaban J connectivity index is 1.46. The molecule has 0 saturated carbocycles. The van der Waals surface area contributed by atoms with Crippen molar-refractivity contribution in [1.29, 1.82) is 0 Å². The summed E-state index contributed by atoms with van der Waals surface area (Å²) in [6.45, 7) is 4.35. The van der Waals surface area contributed by atoms with Crippen LogP contribution in [0.25, 0.3) is 22.3 Å². The molecule has 3 aromatic rings. The number of aromatic nitrogens is 3. The average molecular weight is 464 g/mol. The van der Waals surface area contributed by atoms with Crippen LogP contribution in [0.3, 0.4) is 0 Å².